The van der Waals surface area contributed by atoms with E-state index in [0.717, 1.165) is 11.3 Å². The Morgan fingerprint density at radius 2 is 1.65 bits per heavy atom. The van der Waals surface area contributed by atoms with Crippen LogP contribution in [0.2, 0.25) is 0 Å². The van der Waals surface area contributed by atoms with Crippen LogP contribution < -0.4 is 16.4 Å². The molecule has 0 radical (unpaired) electrons. The molecule has 0 aliphatic rings. The lowest BCUT2D eigenvalue weighted by molar-refractivity contribution is -0.122. The molecule has 1 aromatic rings. The molecule has 4 N–H and O–H groups in total. The van der Waals surface area contributed by atoms with Crippen LogP contribution >= 0.6 is 12.4 Å². The zero-order chi connectivity index (χ0) is 14.4. The number of hydrogen-bond donors (Lipinski definition) is 3. The van der Waals surface area contributed by atoms with E-state index in [9.17, 15) is 9.59 Å². The molecule has 0 saturated carbocycles. The molecule has 0 aliphatic carbocycles. The van der Waals surface area contributed by atoms with Crippen LogP contribution in [0.3, 0.4) is 0 Å². The highest BCUT2D eigenvalue weighted by molar-refractivity contribution is 5.92. The number of rotatable bonds is 5. The van der Waals surface area contributed by atoms with Gasteiger partial charge in [-0.05, 0) is 24.6 Å². The highest BCUT2D eigenvalue weighted by atomic mass is 35.5. The number of benzene rings is 1. The zero-order valence-electron chi connectivity index (χ0n) is 12.0. The summed E-state index contributed by atoms with van der Waals surface area (Å²) in [4.78, 5) is 22.8. The van der Waals surface area contributed by atoms with Crippen molar-refractivity contribution in [1.29, 1.82) is 0 Å². The fourth-order valence-electron chi connectivity index (χ4n) is 1.34. The average molecular weight is 300 g/mol. The third kappa shape index (κ3) is 6.04. The summed E-state index contributed by atoms with van der Waals surface area (Å²) in [6.45, 7) is 5.75. The highest BCUT2D eigenvalue weighted by Gasteiger charge is 2.08. The largest absolute Gasteiger partial charge is 0.351 e. The van der Waals surface area contributed by atoms with E-state index in [1.165, 1.54) is 0 Å². The number of anilines is 1. The summed E-state index contributed by atoms with van der Waals surface area (Å²) in [5.41, 5.74) is 7.15. The van der Waals surface area contributed by atoms with Gasteiger partial charge in [0, 0.05) is 18.2 Å². The van der Waals surface area contributed by atoms with Gasteiger partial charge in [0.25, 0.3) is 0 Å². The van der Waals surface area contributed by atoms with E-state index in [1.807, 2.05) is 38.1 Å². The van der Waals surface area contributed by atoms with Crippen molar-refractivity contribution in [3.05, 3.63) is 29.8 Å². The van der Waals surface area contributed by atoms with E-state index in [2.05, 4.69) is 10.6 Å². The second kappa shape index (κ2) is 8.55. The van der Waals surface area contributed by atoms with Crippen LogP contribution in [0.25, 0.3) is 0 Å². The lowest BCUT2D eigenvalue weighted by Crippen LogP contribution is -2.37. The molecule has 20 heavy (non-hydrogen) atoms. The Labute approximate surface area is 125 Å². The van der Waals surface area contributed by atoms with Crippen molar-refractivity contribution in [2.45, 2.75) is 33.4 Å². The summed E-state index contributed by atoms with van der Waals surface area (Å²) in [6, 6.07) is 6.83. The first-order chi connectivity index (χ1) is 8.90. The van der Waals surface area contributed by atoms with E-state index in [0.29, 0.717) is 6.54 Å². The fourth-order valence-corrected chi connectivity index (χ4v) is 1.34. The third-order valence-electron chi connectivity index (χ3n) is 2.63. The minimum atomic E-state index is -0.510. The first kappa shape index (κ1) is 18.4. The molecule has 0 fully saturated rings. The molecule has 112 valence electrons. The number of nitrogens with two attached hydrogens (primary N) is 1. The van der Waals surface area contributed by atoms with Crippen molar-refractivity contribution in [2.24, 2.45) is 11.7 Å². The normalized spacial score (nSPS) is 11.4. The molecule has 0 saturated heterocycles. The number of carbonyl (C=O) groups excluding carboxylic acids is 2. The summed E-state index contributed by atoms with van der Waals surface area (Å²) < 4.78 is 0. The van der Waals surface area contributed by atoms with Crippen LogP contribution in [0.4, 0.5) is 5.69 Å². The van der Waals surface area contributed by atoms with Gasteiger partial charge in [0.15, 0.2) is 0 Å². The van der Waals surface area contributed by atoms with Crippen LogP contribution in [0.1, 0.15) is 26.3 Å². The summed E-state index contributed by atoms with van der Waals surface area (Å²) in [6.07, 6.45) is 0. The molecule has 1 atom stereocenters. The maximum Gasteiger partial charge on any atom is 0.236 e. The number of hydrogen-bond acceptors (Lipinski definition) is 3. The fraction of sp³-hybridized carbons (Fsp3) is 0.429. The Morgan fingerprint density at radius 1 is 1.10 bits per heavy atom. The van der Waals surface area contributed by atoms with Gasteiger partial charge in [-0.15, -0.1) is 12.4 Å². The first-order valence-corrected chi connectivity index (χ1v) is 6.33. The van der Waals surface area contributed by atoms with Crippen molar-refractivity contribution in [3.8, 4) is 0 Å². The molecule has 0 aliphatic heterocycles. The maximum atomic E-state index is 11.5. The van der Waals surface area contributed by atoms with E-state index >= 15 is 0 Å². The molecule has 0 aromatic heterocycles. The Hall–Kier alpha value is -1.59. The van der Waals surface area contributed by atoms with Crippen LogP contribution in [-0.4, -0.2) is 17.9 Å². The van der Waals surface area contributed by atoms with Crippen molar-refractivity contribution in [3.63, 3.8) is 0 Å². The Bertz CT molecular complexity index is 444. The average Bonchev–Trinajstić information content (AvgIpc) is 2.37. The lowest BCUT2D eigenvalue weighted by atomic mass is 10.1. The van der Waals surface area contributed by atoms with Crippen molar-refractivity contribution < 1.29 is 9.59 Å². The predicted octanol–water partition coefficient (Wildman–Crippen LogP) is 1.67. The maximum absolute atomic E-state index is 11.5. The molecule has 1 aromatic carbocycles. The summed E-state index contributed by atoms with van der Waals surface area (Å²) >= 11 is 0. The second-order valence-corrected chi connectivity index (χ2v) is 4.85. The van der Waals surface area contributed by atoms with Gasteiger partial charge >= 0.3 is 0 Å². The van der Waals surface area contributed by atoms with E-state index in [1.54, 1.807) is 6.92 Å². The Morgan fingerprint density at radius 3 is 2.10 bits per heavy atom. The topological polar surface area (TPSA) is 84.2 Å². The van der Waals surface area contributed by atoms with Crippen LogP contribution in [0.15, 0.2) is 24.3 Å². The van der Waals surface area contributed by atoms with Crippen LogP contribution in [0, 0.1) is 5.92 Å². The quantitative estimate of drug-likeness (QED) is 0.773. The first-order valence-electron chi connectivity index (χ1n) is 6.33. The Kier molecular flexibility index (Phi) is 7.87. The van der Waals surface area contributed by atoms with Gasteiger partial charge in [0.2, 0.25) is 11.8 Å². The van der Waals surface area contributed by atoms with Crippen molar-refractivity contribution in [2.75, 3.05) is 5.32 Å². The SMILES string of the molecule is CC(C)C(=O)Nc1ccc(CNC(=O)[C@H](C)N)cc1.Cl. The van der Waals surface area contributed by atoms with Gasteiger partial charge in [-0.25, -0.2) is 0 Å². The smallest absolute Gasteiger partial charge is 0.236 e. The molecule has 6 heteroatoms. The van der Waals surface area contributed by atoms with Crippen LogP contribution in [0.5, 0.6) is 0 Å². The molecule has 2 amide bonds. The predicted molar refractivity (Wildman–Crippen MR) is 82.7 cm³/mol. The van der Waals surface area contributed by atoms with Gasteiger partial charge in [0.05, 0.1) is 6.04 Å². The third-order valence-corrected chi connectivity index (χ3v) is 2.63. The second-order valence-electron chi connectivity index (χ2n) is 4.85. The zero-order valence-corrected chi connectivity index (χ0v) is 12.8. The van der Waals surface area contributed by atoms with Crippen molar-refractivity contribution >= 4 is 29.9 Å². The van der Waals surface area contributed by atoms with Gasteiger partial charge in [0.1, 0.15) is 0 Å². The van der Waals surface area contributed by atoms with Gasteiger partial charge in [-0.2, -0.15) is 0 Å². The molecule has 0 bridgehead atoms. The van der Waals surface area contributed by atoms with Crippen molar-refractivity contribution in [1.82, 2.24) is 5.32 Å². The lowest BCUT2D eigenvalue weighted by Gasteiger charge is -2.10. The molecule has 0 spiro atoms. The number of carbonyl (C=O) groups is 2. The molecule has 1 rings (SSSR count). The summed E-state index contributed by atoms with van der Waals surface area (Å²) in [5.74, 6) is -0.250. The van der Waals surface area contributed by atoms with E-state index in [4.69, 9.17) is 5.73 Å². The summed E-state index contributed by atoms with van der Waals surface area (Å²) in [5, 5.41) is 5.53. The van der Waals surface area contributed by atoms with Crippen LogP contribution in [-0.2, 0) is 16.1 Å². The molecular formula is C14H22ClN3O2. The minimum absolute atomic E-state index is 0. The van der Waals surface area contributed by atoms with Gasteiger partial charge in [-0.3, -0.25) is 9.59 Å². The highest BCUT2D eigenvalue weighted by Crippen LogP contribution is 2.10. The number of amides is 2. The number of nitrogens with one attached hydrogen (secondary N) is 2. The summed E-state index contributed by atoms with van der Waals surface area (Å²) in [7, 11) is 0. The number of halogens is 1. The van der Waals surface area contributed by atoms with Gasteiger partial charge < -0.3 is 16.4 Å². The van der Waals surface area contributed by atoms with E-state index < -0.39 is 6.04 Å². The standard InChI is InChI=1S/C14H21N3O2.ClH/c1-9(2)13(18)17-12-6-4-11(5-7-12)8-16-14(19)10(3)15;/h4-7,9-10H,8,15H2,1-3H3,(H,16,19)(H,17,18);1H/t10-;/m0./s1. The Balaban J connectivity index is 0.00000361. The van der Waals surface area contributed by atoms with Gasteiger partial charge in [-0.1, -0.05) is 26.0 Å². The molecule has 0 unspecified atom stereocenters. The monoisotopic (exact) mass is 299 g/mol. The molecule has 0 heterocycles. The molecular weight excluding hydrogens is 278 g/mol. The van der Waals surface area contributed by atoms with E-state index in [-0.39, 0.29) is 30.1 Å². The minimum Gasteiger partial charge on any atom is -0.351 e. The molecule has 5 nitrogen and oxygen atoms in total.